The van der Waals surface area contributed by atoms with E-state index in [1.807, 2.05) is 29.2 Å². The van der Waals surface area contributed by atoms with Crippen molar-refractivity contribution in [1.29, 1.82) is 0 Å². The molecule has 1 aliphatic rings. The summed E-state index contributed by atoms with van der Waals surface area (Å²) >= 11 is 0. The smallest absolute Gasteiger partial charge is 0.227 e. The first-order valence-electron chi connectivity index (χ1n) is 10.2. The fraction of sp³-hybridized carbons (Fsp3) is 0.375. The summed E-state index contributed by atoms with van der Waals surface area (Å²) in [7, 11) is 1.63. The molecule has 0 N–H and O–H groups in total. The van der Waals surface area contributed by atoms with Gasteiger partial charge in [-0.1, -0.05) is 30.3 Å². The number of amides is 1. The maximum Gasteiger partial charge on any atom is 0.227 e. The third-order valence-electron chi connectivity index (χ3n) is 5.51. The quantitative estimate of drug-likeness (QED) is 0.537. The van der Waals surface area contributed by atoms with Crippen LogP contribution in [-0.2, 0) is 22.4 Å². The molecule has 2 heterocycles. The maximum absolute atomic E-state index is 12.7. The van der Waals surface area contributed by atoms with Crippen LogP contribution in [0.1, 0.15) is 24.0 Å². The molecule has 4 rings (SSSR count). The van der Waals surface area contributed by atoms with Crippen LogP contribution in [0.3, 0.4) is 0 Å². The van der Waals surface area contributed by atoms with Crippen molar-refractivity contribution in [2.45, 2.75) is 31.8 Å². The maximum atomic E-state index is 12.7. The van der Waals surface area contributed by atoms with Crippen molar-refractivity contribution in [3.8, 4) is 5.75 Å². The third-order valence-corrected chi connectivity index (χ3v) is 5.51. The van der Waals surface area contributed by atoms with Crippen molar-refractivity contribution >= 4 is 16.9 Å². The summed E-state index contributed by atoms with van der Waals surface area (Å²) in [6.45, 7) is 2.16. The minimum absolute atomic E-state index is 0.124. The highest BCUT2D eigenvalue weighted by atomic mass is 16.5. The molecule has 1 aliphatic heterocycles. The summed E-state index contributed by atoms with van der Waals surface area (Å²) in [6, 6.07) is 16.1. The molecule has 3 aromatic rings. The fourth-order valence-corrected chi connectivity index (χ4v) is 3.86. The molecule has 1 unspecified atom stereocenters. The Morgan fingerprint density at radius 3 is 2.90 bits per heavy atom. The molecule has 2 aromatic carbocycles. The Morgan fingerprint density at radius 1 is 1.21 bits per heavy atom. The average Bonchev–Trinajstić information content (AvgIpc) is 3.39. The summed E-state index contributed by atoms with van der Waals surface area (Å²) in [6.07, 6.45) is 5.09. The summed E-state index contributed by atoms with van der Waals surface area (Å²) < 4.78 is 16.8. The number of ether oxygens (including phenoxy) is 2. The van der Waals surface area contributed by atoms with Crippen LogP contribution in [0, 0.1) is 0 Å². The summed E-state index contributed by atoms with van der Waals surface area (Å²) in [4.78, 5) is 14.7. The van der Waals surface area contributed by atoms with Crippen LogP contribution in [0.5, 0.6) is 5.75 Å². The molecule has 0 bridgehead atoms. The Morgan fingerprint density at radius 2 is 2.07 bits per heavy atom. The second-order valence-electron chi connectivity index (χ2n) is 7.51. The van der Waals surface area contributed by atoms with Crippen molar-refractivity contribution in [1.82, 2.24) is 4.90 Å². The zero-order chi connectivity index (χ0) is 20.1. The molecule has 5 nitrogen and oxygen atoms in total. The number of rotatable bonds is 8. The van der Waals surface area contributed by atoms with Gasteiger partial charge in [0.05, 0.1) is 25.9 Å². The molecule has 0 spiro atoms. The number of furan rings is 1. The molecule has 0 saturated carbocycles. The van der Waals surface area contributed by atoms with Gasteiger partial charge in [0, 0.05) is 36.7 Å². The summed E-state index contributed by atoms with van der Waals surface area (Å²) in [5.41, 5.74) is 3.00. The molecule has 1 aromatic heterocycles. The standard InChI is InChI=1S/C24H27NO4/c1-27-20-9-10-22-19(17-29-23(22)15-20)14-24(26)25-12-11-21(16-25)28-13-5-8-18-6-3-2-4-7-18/h2-4,6-7,9-10,15,17,21H,5,8,11-14,16H2,1H3. The van der Waals surface area contributed by atoms with Crippen molar-refractivity contribution in [3.63, 3.8) is 0 Å². The SMILES string of the molecule is COc1ccc2c(CC(=O)N3CCC(OCCCc4ccccc4)C3)coc2c1. The number of likely N-dealkylation sites (tertiary alicyclic amines) is 1. The van der Waals surface area contributed by atoms with E-state index in [-0.39, 0.29) is 12.0 Å². The number of methoxy groups -OCH3 is 1. The highest BCUT2D eigenvalue weighted by Gasteiger charge is 2.27. The van der Waals surface area contributed by atoms with Crippen LogP contribution >= 0.6 is 0 Å². The third kappa shape index (κ3) is 4.80. The lowest BCUT2D eigenvalue weighted by molar-refractivity contribution is -0.129. The zero-order valence-electron chi connectivity index (χ0n) is 16.8. The van der Waals surface area contributed by atoms with Crippen LogP contribution in [0.15, 0.2) is 59.2 Å². The van der Waals surface area contributed by atoms with Crippen molar-refractivity contribution in [2.24, 2.45) is 0 Å². The first-order chi connectivity index (χ1) is 14.2. The van der Waals surface area contributed by atoms with Gasteiger partial charge in [0.15, 0.2) is 0 Å². The van der Waals surface area contributed by atoms with E-state index in [1.54, 1.807) is 13.4 Å². The molecule has 0 radical (unpaired) electrons. The highest BCUT2D eigenvalue weighted by molar-refractivity contribution is 5.88. The predicted molar refractivity (Wildman–Crippen MR) is 112 cm³/mol. The van der Waals surface area contributed by atoms with E-state index in [0.29, 0.717) is 13.0 Å². The number of hydrogen-bond acceptors (Lipinski definition) is 4. The number of fused-ring (bicyclic) bond motifs is 1. The Balaban J connectivity index is 1.24. The van der Waals surface area contributed by atoms with Crippen molar-refractivity contribution in [2.75, 3.05) is 26.8 Å². The average molecular weight is 393 g/mol. The van der Waals surface area contributed by atoms with Crippen LogP contribution in [0.4, 0.5) is 0 Å². The Kier molecular flexibility index (Phi) is 6.15. The number of carbonyl (C=O) groups excluding carboxylic acids is 1. The lowest BCUT2D eigenvalue weighted by Gasteiger charge is -2.16. The van der Waals surface area contributed by atoms with Gasteiger partial charge in [-0.05, 0) is 37.0 Å². The van der Waals surface area contributed by atoms with Gasteiger partial charge in [-0.25, -0.2) is 0 Å². The molecule has 1 saturated heterocycles. The Bertz CT molecular complexity index is 950. The number of benzene rings is 2. The topological polar surface area (TPSA) is 51.9 Å². The zero-order valence-corrected chi connectivity index (χ0v) is 16.8. The summed E-state index contributed by atoms with van der Waals surface area (Å²) in [5, 5.41) is 0.965. The first-order valence-corrected chi connectivity index (χ1v) is 10.2. The molecular weight excluding hydrogens is 366 g/mol. The van der Waals surface area contributed by atoms with Gasteiger partial charge in [-0.3, -0.25) is 4.79 Å². The van der Waals surface area contributed by atoms with E-state index in [9.17, 15) is 4.79 Å². The number of carbonyl (C=O) groups is 1. The molecular formula is C24H27NO4. The van der Waals surface area contributed by atoms with Gasteiger partial charge < -0.3 is 18.8 Å². The lowest BCUT2D eigenvalue weighted by Crippen LogP contribution is -2.31. The summed E-state index contributed by atoms with van der Waals surface area (Å²) in [5.74, 6) is 0.871. The Labute approximate surface area is 171 Å². The van der Waals surface area contributed by atoms with E-state index in [4.69, 9.17) is 13.9 Å². The van der Waals surface area contributed by atoms with Crippen LogP contribution < -0.4 is 4.74 Å². The number of hydrogen-bond donors (Lipinski definition) is 0. The number of nitrogens with zero attached hydrogens (tertiary/aromatic N) is 1. The molecule has 0 aliphatic carbocycles. The van der Waals surface area contributed by atoms with E-state index in [0.717, 1.165) is 54.7 Å². The van der Waals surface area contributed by atoms with Crippen LogP contribution in [-0.4, -0.2) is 43.7 Å². The monoisotopic (exact) mass is 393 g/mol. The highest BCUT2D eigenvalue weighted by Crippen LogP contribution is 2.26. The normalized spacial score (nSPS) is 16.4. The first kappa shape index (κ1) is 19.5. The van der Waals surface area contributed by atoms with Gasteiger partial charge in [-0.15, -0.1) is 0 Å². The second kappa shape index (κ2) is 9.14. The van der Waals surface area contributed by atoms with E-state index in [1.165, 1.54) is 5.56 Å². The van der Waals surface area contributed by atoms with Crippen molar-refractivity contribution < 1.29 is 18.7 Å². The second-order valence-corrected chi connectivity index (χ2v) is 7.51. The van der Waals surface area contributed by atoms with Crippen LogP contribution in [0.25, 0.3) is 11.0 Å². The minimum atomic E-state index is 0.124. The van der Waals surface area contributed by atoms with Gasteiger partial charge in [0.1, 0.15) is 11.3 Å². The van der Waals surface area contributed by atoms with Gasteiger partial charge in [0.2, 0.25) is 5.91 Å². The van der Waals surface area contributed by atoms with E-state index < -0.39 is 0 Å². The minimum Gasteiger partial charge on any atom is -0.497 e. The fourth-order valence-electron chi connectivity index (χ4n) is 3.86. The molecule has 1 atom stereocenters. The molecule has 1 amide bonds. The van der Waals surface area contributed by atoms with Gasteiger partial charge in [-0.2, -0.15) is 0 Å². The molecule has 152 valence electrons. The van der Waals surface area contributed by atoms with E-state index >= 15 is 0 Å². The largest absolute Gasteiger partial charge is 0.497 e. The molecule has 1 fully saturated rings. The van der Waals surface area contributed by atoms with Gasteiger partial charge in [0.25, 0.3) is 0 Å². The molecule has 5 heteroatoms. The number of aryl methyl sites for hydroxylation is 1. The lowest BCUT2D eigenvalue weighted by atomic mass is 10.1. The van der Waals surface area contributed by atoms with Crippen molar-refractivity contribution in [3.05, 3.63) is 65.9 Å². The van der Waals surface area contributed by atoms with Gasteiger partial charge >= 0.3 is 0 Å². The van der Waals surface area contributed by atoms with E-state index in [2.05, 4.69) is 24.3 Å². The Hall–Kier alpha value is -2.79. The van der Waals surface area contributed by atoms with Crippen LogP contribution in [0.2, 0.25) is 0 Å². The molecule has 29 heavy (non-hydrogen) atoms. The predicted octanol–water partition coefficient (Wildman–Crippen LogP) is 4.23.